The van der Waals surface area contributed by atoms with E-state index in [9.17, 15) is 14.0 Å². The van der Waals surface area contributed by atoms with Crippen LogP contribution in [0.3, 0.4) is 0 Å². The van der Waals surface area contributed by atoms with Crippen LogP contribution in [0, 0.1) is 17.7 Å². The highest BCUT2D eigenvalue weighted by atomic mass is 19.1. The molecule has 0 saturated heterocycles. The molecule has 4 nitrogen and oxygen atoms in total. The molecule has 2 N–H and O–H groups in total. The van der Waals surface area contributed by atoms with Crippen LogP contribution in [-0.4, -0.2) is 23.0 Å². The first-order chi connectivity index (χ1) is 10.3. The average molecular weight is 309 g/mol. The molecule has 0 saturated carbocycles. The minimum Gasteiger partial charge on any atom is -0.480 e. The summed E-state index contributed by atoms with van der Waals surface area (Å²) in [5, 5.41) is 11.7. The highest BCUT2D eigenvalue weighted by Crippen LogP contribution is 2.14. The Morgan fingerprint density at radius 2 is 1.86 bits per heavy atom. The van der Waals surface area contributed by atoms with Crippen LogP contribution in [-0.2, 0) is 16.0 Å². The number of benzene rings is 1. The van der Waals surface area contributed by atoms with Crippen molar-refractivity contribution in [1.82, 2.24) is 5.32 Å². The van der Waals surface area contributed by atoms with Gasteiger partial charge in [-0.3, -0.25) is 4.79 Å². The van der Waals surface area contributed by atoms with Crippen LogP contribution in [0.5, 0.6) is 0 Å². The molecule has 0 fully saturated rings. The first kappa shape index (κ1) is 18.1. The van der Waals surface area contributed by atoms with Gasteiger partial charge in [0.1, 0.15) is 11.9 Å². The molecule has 0 aliphatic carbocycles. The van der Waals surface area contributed by atoms with Gasteiger partial charge in [0.25, 0.3) is 0 Å². The first-order valence-corrected chi connectivity index (χ1v) is 7.57. The highest BCUT2D eigenvalue weighted by Gasteiger charge is 2.23. The Kier molecular flexibility index (Phi) is 7.02. The SMILES string of the molecule is CC(C)CC(NC(=O)C(C)CCc1ccccc1F)C(=O)O. The number of carboxylic acids is 1. The fraction of sp³-hybridized carbons (Fsp3) is 0.529. The summed E-state index contributed by atoms with van der Waals surface area (Å²) in [5.74, 6) is -1.80. The van der Waals surface area contributed by atoms with Gasteiger partial charge >= 0.3 is 5.97 Å². The lowest BCUT2D eigenvalue weighted by molar-refractivity contribution is -0.142. The van der Waals surface area contributed by atoms with Crippen LogP contribution in [0.4, 0.5) is 4.39 Å². The number of amides is 1. The third kappa shape index (κ3) is 5.84. The van der Waals surface area contributed by atoms with Crippen molar-refractivity contribution in [2.75, 3.05) is 0 Å². The maximum atomic E-state index is 13.5. The van der Waals surface area contributed by atoms with Crippen molar-refractivity contribution in [2.45, 2.75) is 46.1 Å². The Balaban J connectivity index is 2.54. The minimum absolute atomic E-state index is 0.176. The number of aryl methyl sites for hydroxylation is 1. The van der Waals surface area contributed by atoms with Gasteiger partial charge in [0.05, 0.1) is 0 Å². The quantitative estimate of drug-likeness (QED) is 0.776. The number of nitrogens with one attached hydrogen (secondary N) is 1. The minimum atomic E-state index is -1.02. The van der Waals surface area contributed by atoms with Crippen LogP contribution in [0.15, 0.2) is 24.3 Å². The Morgan fingerprint density at radius 3 is 2.41 bits per heavy atom. The van der Waals surface area contributed by atoms with Gasteiger partial charge in [0, 0.05) is 5.92 Å². The molecule has 1 aromatic carbocycles. The van der Waals surface area contributed by atoms with E-state index in [-0.39, 0.29) is 23.6 Å². The molecule has 0 radical (unpaired) electrons. The van der Waals surface area contributed by atoms with E-state index in [2.05, 4.69) is 5.32 Å². The van der Waals surface area contributed by atoms with Gasteiger partial charge in [-0.15, -0.1) is 0 Å². The lowest BCUT2D eigenvalue weighted by atomic mass is 9.98. The van der Waals surface area contributed by atoms with Crippen molar-refractivity contribution in [3.05, 3.63) is 35.6 Å². The Labute approximate surface area is 130 Å². The lowest BCUT2D eigenvalue weighted by Gasteiger charge is -2.19. The molecule has 2 atom stereocenters. The third-order valence-electron chi connectivity index (χ3n) is 3.57. The molecule has 5 heteroatoms. The molecule has 1 amide bonds. The number of carbonyl (C=O) groups excluding carboxylic acids is 1. The lowest BCUT2D eigenvalue weighted by Crippen LogP contribution is -2.43. The summed E-state index contributed by atoms with van der Waals surface area (Å²) in [4.78, 5) is 23.2. The molecule has 122 valence electrons. The number of aliphatic carboxylic acids is 1. The van der Waals surface area contributed by atoms with E-state index in [1.807, 2.05) is 13.8 Å². The van der Waals surface area contributed by atoms with Crippen molar-refractivity contribution < 1.29 is 19.1 Å². The van der Waals surface area contributed by atoms with E-state index in [4.69, 9.17) is 5.11 Å². The fourth-order valence-corrected chi connectivity index (χ4v) is 2.21. The van der Waals surface area contributed by atoms with Crippen LogP contribution in [0.1, 0.15) is 39.2 Å². The third-order valence-corrected chi connectivity index (χ3v) is 3.57. The standard InChI is InChI=1S/C17H24FNO3/c1-11(2)10-15(17(21)22)19-16(20)12(3)8-9-13-6-4-5-7-14(13)18/h4-7,11-12,15H,8-10H2,1-3H3,(H,19,20)(H,21,22). The van der Waals surface area contributed by atoms with E-state index in [0.29, 0.717) is 24.8 Å². The van der Waals surface area contributed by atoms with Crippen molar-refractivity contribution >= 4 is 11.9 Å². The Bertz CT molecular complexity index is 516. The molecule has 1 aromatic rings. The molecule has 0 aromatic heterocycles. The Hall–Kier alpha value is -1.91. The second kappa shape index (κ2) is 8.51. The molecular weight excluding hydrogens is 285 g/mol. The molecule has 0 spiro atoms. The molecule has 1 rings (SSSR count). The fourth-order valence-electron chi connectivity index (χ4n) is 2.21. The van der Waals surface area contributed by atoms with Gasteiger partial charge in [-0.05, 0) is 36.8 Å². The van der Waals surface area contributed by atoms with Gasteiger partial charge in [-0.2, -0.15) is 0 Å². The summed E-state index contributed by atoms with van der Waals surface area (Å²) >= 11 is 0. The number of halogens is 1. The number of rotatable bonds is 8. The van der Waals surface area contributed by atoms with Crippen molar-refractivity contribution in [3.8, 4) is 0 Å². The normalized spacial score (nSPS) is 13.7. The topological polar surface area (TPSA) is 66.4 Å². The van der Waals surface area contributed by atoms with Gasteiger partial charge in [-0.1, -0.05) is 39.0 Å². The van der Waals surface area contributed by atoms with Crippen LogP contribution in [0.25, 0.3) is 0 Å². The van der Waals surface area contributed by atoms with E-state index in [1.54, 1.807) is 25.1 Å². The number of carbonyl (C=O) groups is 2. The summed E-state index contributed by atoms with van der Waals surface area (Å²) in [5.41, 5.74) is 0.569. The van der Waals surface area contributed by atoms with Gasteiger partial charge in [0.2, 0.25) is 5.91 Å². The molecular formula is C17H24FNO3. The maximum Gasteiger partial charge on any atom is 0.326 e. The smallest absolute Gasteiger partial charge is 0.326 e. The Morgan fingerprint density at radius 1 is 1.23 bits per heavy atom. The first-order valence-electron chi connectivity index (χ1n) is 7.57. The van der Waals surface area contributed by atoms with Crippen LogP contribution < -0.4 is 5.32 Å². The molecule has 0 aliphatic heterocycles. The predicted octanol–water partition coefficient (Wildman–Crippen LogP) is 3.01. The largest absolute Gasteiger partial charge is 0.480 e. The summed E-state index contributed by atoms with van der Waals surface area (Å²) in [6.45, 7) is 5.54. The summed E-state index contributed by atoms with van der Waals surface area (Å²) in [6.07, 6.45) is 1.31. The van der Waals surface area contributed by atoms with Gasteiger partial charge in [0.15, 0.2) is 0 Å². The molecule has 22 heavy (non-hydrogen) atoms. The predicted molar refractivity (Wildman–Crippen MR) is 82.9 cm³/mol. The van der Waals surface area contributed by atoms with Crippen molar-refractivity contribution in [3.63, 3.8) is 0 Å². The van der Waals surface area contributed by atoms with Crippen LogP contribution in [0.2, 0.25) is 0 Å². The zero-order valence-electron chi connectivity index (χ0n) is 13.3. The van der Waals surface area contributed by atoms with Crippen molar-refractivity contribution in [1.29, 1.82) is 0 Å². The molecule has 2 unspecified atom stereocenters. The highest BCUT2D eigenvalue weighted by molar-refractivity contribution is 5.84. The van der Waals surface area contributed by atoms with E-state index in [0.717, 1.165) is 0 Å². The summed E-state index contributed by atoms with van der Waals surface area (Å²) in [6, 6.07) is 5.59. The summed E-state index contributed by atoms with van der Waals surface area (Å²) in [7, 11) is 0. The van der Waals surface area contributed by atoms with Crippen molar-refractivity contribution in [2.24, 2.45) is 11.8 Å². The van der Waals surface area contributed by atoms with E-state index >= 15 is 0 Å². The molecule has 0 bridgehead atoms. The van der Waals surface area contributed by atoms with Gasteiger partial charge in [-0.25, -0.2) is 9.18 Å². The zero-order valence-corrected chi connectivity index (χ0v) is 13.3. The number of hydrogen-bond acceptors (Lipinski definition) is 2. The average Bonchev–Trinajstić information content (AvgIpc) is 2.44. The maximum absolute atomic E-state index is 13.5. The monoisotopic (exact) mass is 309 g/mol. The van der Waals surface area contributed by atoms with E-state index < -0.39 is 12.0 Å². The second-order valence-electron chi connectivity index (χ2n) is 6.06. The second-order valence-corrected chi connectivity index (χ2v) is 6.06. The van der Waals surface area contributed by atoms with Crippen LogP contribution >= 0.6 is 0 Å². The molecule has 0 heterocycles. The molecule has 0 aliphatic rings. The number of hydrogen-bond donors (Lipinski definition) is 2. The van der Waals surface area contributed by atoms with Gasteiger partial charge < -0.3 is 10.4 Å². The zero-order chi connectivity index (χ0) is 16.7. The van der Waals surface area contributed by atoms with E-state index in [1.165, 1.54) is 6.07 Å². The summed E-state index contributed by atoms with van der Waals surface area (Å²) < 4.78 is 13.5. The number of carboxylic acid groups (broad SMARTS) is 1.